The van der Waals surface area contributed by atoms with Crippen LogP contribution in [-0.4, -0.2) is 52.1 Å². The fraction of sp³-hybridized carbons (Fsp3) is 0.818. The van der Waals surface area contributed by atoms with Gasteiger partial charge in [0.05, 0.1) is 6.61 Å². The van der Waals surface area contributed by atoms with Gasteiger partial charge in [0.1, 0.15) is 0 Å². The second-order valence-electron chi connectivity index (χ2n) is 3.96. The maximum atomic E-state index is 11.4. The van der Waals surface area contributed by atoms with Crippen molar-refractivity contribution in [3.05, 3.63) is 0 Å². The molecule has 0 aromatic carbocycles. The normalized spacial score (nSPS) is 25.9. The van der Waals surface area contributed by atoms with Crippen molar-refractivity contribution in [1.82, 2.24) is 10.6 Å². The van der Waals surface area contributed by atoms with Gasteiger partial charge in [0.25, 0.3) is 0 Å². The Morgan fingerprint density at radius 1 is 1.32 bits per heavy atom. The quantitative estimate of drug-likeness (QED) is 0.755. The molecule has 8 heteroatoms. The molecule has 0 aliphatic carbocycles. The maximum Gasteiger partial charge on any atom is 0.415 e. The van der Waals surface area contributed by atoms with E-state index in [4.69, 9.17) is 14.2 Å². The molecule has 1 aliphatic rings. The van der Waals surface area contributed by atoms with E-state index in [9.17, 15) is 9.59 Å². The van der Waals surface area contributed by atoms with Gasteiger partial charge in [0, 0.05) is 33.1 Å². The van der Waals surface area contributed by atoms with Crippen LogP contribution < -0.4 is 10.6 Å². The number of imide groups is 1. The number of carbonyl (C=O) groups excluding carboxylic acids is 2. The molecule has 8 nitrogen and oxygen atoms in total. The zero-order valence-corrected chi connectivity index (χ0v) is 11.3. The molecule has 3 unspecified atom stereocenters. The van der Waals surface area contributed by atoms with Gasteiger partial charge < -0.3 is 24.3 Å². The van der Waals surface area contributed by atoms with Crippen molar-refractivity contribution in [2.24, 2.45) is 5.92 Å². The molecule has 1 saturated heterocycles. The first-order valence-corrected chi connectivity index (χ1v) is 6.03. The van der Waals surface area contributed by atoms with Crippen molar-refractivity contribution in [2.45, 2.75) is 25.9 Å². The molecular weight excluding hydrogens is 256 g/mol. The number of amides is 3. The number of hydrogen-bond acceptors (Lipinski definition) is 6. The molecule has 110 valence electrons. The van der Waals surface area contributed by atoms with Crippen molar-refractivity contribution < 1.29 is 28.5 Å². The van der Waals surface area contributed by atoms with Gasteiger partial charge in [-0.3, -0.25) is 0 Å². The van der Waals surface area contributed by atoms with Crippen LogP contribution in [0.15, 0.2) is 0 Å². The Morgan fingerprint density at radius 3 is 2.63 bits per heavy atom. The SMILES string of the molecule is CCOC(=O)NC(=O)NCC1CC(OC)OC1OC. The van der Waals surface area contributed by atoms with Gasteiger partial charge in [-0.05, 0) is 6.92 Å². The van der Waals surface area contributed by atoms with Crippen LogP contribution in [-0.2, 0) is 18.9 Å². The summed E-state index contributed by atoms with van der Waals surface area (Å²) in [6, 6.07) is -0.617. The average Bonchev–Trinajstić information content (AvgIpc) is 2.79. The van der Waals surface area contributed by atoms with Gasteiger partial charge in [0.15, 0.2) is 12.6 Å². The molecule has 0 saturated carbocycles. The third-order valence-corrected chi connectivity index (χ3v) is 2.68. The van der Waals surface area contributed by atoms with E-state index in [2.05, 4.69) is 10.1 Å². The minimum absolute atomic E-state index is 0.0390. The molecule has 3 amide bonds. The second kappa shape index (κ2) is 7.93. The third kappa shape index (κ3) is 5.01. The summed E-state index contributed by atoms with van der Waals surface area (Å²) in [4.78, 5) is 22.4. The smallest absolute Gasteiger partial charge is 0.415 e. The van der Waals surface area contributed by atoms with Crippen molar-refractivity contribution in [1.29, 1.82) is 0 Å². The van der Waals surface area contributed by atoms with Gasteiger partial charge in [-0.25, -0.2) is 14.9 Å². The minimum Gasteiger partial charge on any atom is -0.450 e. The number of methoxy groups -OCH3 is 2. The van der Waals surface area contributed by atoms with E-state index in [1.165, 1.54) is 7.11 Å². The highest BCUT2D eigenvalue weighted by molar-refractivity contribution is 5.90. The maximum absolute atomic E-state index is 11.4. The Kier molecular flexibility index (Phi) is 6.54. The predicted molar refractivity (Wildman–Crippen MR) is 64.3 cm³/mol. The van der Waals surface area contributed by atoms with Crippen molar-refractivity contribution in [3.63, 3.8) is 0 Å². The molecule has 0 aromatic heterocycles. The van der Waals surface area contributed by atoms with Crippen LogP contribution >= 0.6 is 0 Å². The number of carbonyl (C=O) groups is 2. The summed E-state index contributed by atoms with van der Waals surface area (Å²) in [5.74, 6) is -0.0390. The highest BCUT2D eigenvalue weighted by Crippen LogP contribution is 2.26. The third-order valence-electron chi connectivity index (χ3n) is 2.68. The van der Waals surface area contributed by atoms with E-state index in [0.717, 1.165) is 0 Å². The first-order chi connectivity index (χ1) is 9.10. The number of urea groups is 1. The van der Waals surface area contributed by atoms with E-state index < -0.39 is 18.4 Å². The van der Waals surface area contributed by atoms with Crippen LogP contribution in [0.25, 0.3) is 0 Å². The summed E-state index contributed by atoms with van der Waals surface area (Å²) >= 11 is 0. The Hall–Kier alpha value is -1.38. The Bertz CT molecular complexity index is 312. The fourth-order valence-corrected chi connectivity index (χ4v) is 1.78. The first-order valence-electron chi connectivity index (χ1n) is 6.03. The lowest BCUT2D eigenvalue weighted by atomic mass is 10.1. The summed E-state index contributed by atoms with van der Waals surface area (Å²) < 4.78 is 20.2. The van der Waals surface area contributed by atoms with E-state index >= 15 is 0 Å². The van der Waals surface area contributed by atoms with Crippen LogP contribution in [0.5, 0.6) is 0 Å². The molecule has 0 spiro atoms. The summed E-state index contributed by atoms with van der Waals surface area (Å²) in [7, 11) is 3.06. The van der Waals surface area contributed by atoms with Crippen molar-refractivity contribution >= 4 is 12.1 Å². The molecule has 2 N–H and O–H groups in total. The number of ether oxygens (including phenoxy) is 4. The Morgan fingerprint density at radius 2 is 2.05 bits per heavy atom. The van der Waals surface area contributed by atoms with Crippen LogP contribution in [0.2, 0.25) is 0 Å². The summed E-state index contributed by atoms with van der Waals surface area (Å²) in [5, 5.41) is 4.60. The number of nitrogens with one attached hydrogen (secondary N) is 2. The van der Waals surface area contributed by atoms with E-state index in [0.29, 0.717) is 13.0 Å². The zero-order valence-electron chi connectivity index (χ0n) is 11.3. The number of hydrogen-bond donors (Lipinski definition) is 2. The summed E-state index contributed by atoms with van der Waals surface area (Å²) in [6.45, 7) is 2.17. The first kappa shape index (κ1) is 15.7. The highest BCUT2D eigenvalue weighted by Gasteiger charge is 2.35. The molecule has 1 aliphatic heterocycles. The van der Waals surface area contributed by atoms with Crippen LogP contribution in [0.1, 0.15) is 13.3 Å². The molecule has 1 fully saturated rings. The topological polar surface area (TPSA) is 95.1 Å². The minimum atomic E-state index is -0.777. The molecule has 19 heavy (non-hydrogen) atoms. The Labute approximate surface area is 111 Å². The van der Waals surface area contributed by atoms with Crippen LogP contribution in [0, 0.1) is 5.92 Å². The summed E-state index contributed by atoms with van der Waals surface area (Å²) in [6.07, 6.45) is -0.951. The second-order valence-corrected chi connectivity index (χ2v) is 3.96. The van der Waals surface area contributed by atoms with Gasteiger partial charge >= 0.3 is 12.1 Å². The van der Waals surface area contributed by atoms with E-state index in [1.54, 1.807) is 14.0 Å². The molecule has 0 bridgehead atoms. The van der Waals surface area contributed by atoms with Crippen LogP contribution in [0.3, 0.4) is 0 Å². The predicted octanol–water partition coefficient (Wildman–Crippen LogP) is 0.424. The molecule has 1 heterocycles. The molecule has 1 rings (SSSR count). The summed E-state index contributed by atoms with van der Waals surface area (Å²) in [5.41, 5.74) is 0. The van der Waals surface area contributed by atoms with Crippen molar-refractivity contribution in [2.75, 3.05) is 27.4 Å². The molecule has 0 aromatic rings. The highest BCUT2D eigenvalue weighted by atomic mass is 16.8. The number of rotatable bonds is 5. The van der Waals surface area contributed by atoms with E-state index in [-0.39, 0.29) is 18.8 Å². The largest absolute Gasteiger partial charge is 0.450 e. The van der Waals surface area contributed by atoms with Crippen molar-refractivity contribution in [3.8, 4) is 0 Å². The number of alkyl carbamates (subject to hydrolysis) is 1. The van der Waals surface area contributed by atoms with E-state index in [1.807, 2.05) is 5.32 Å². The van der Waals surface area contributed by atoms with Gasteiger partial charge in [0.2, 0.25) is 0 Å². The lowest BCUT2D eigenvalue weighted by molar-refractivity contribution is -0.192. The van der Waals surface area contributed by atoms with Gasteiger partial charge in [-0.1, -0.05) is 0 Å². The molecule has 0 radical (unpaired) electrons. The zero-order chi connectivity index (χ0) is 14.3. The standard InChI is InChI=1S/C11H20N2O6/c1-4-18-11(15)13-10(14)12-6-7-5-8(16-2)19-9(7)17-3/h7-9H,4-6H2,1-3H3,(H2,12,13,14,15). The lowest BCUT2D eigenvalue weighted by Crippen LogP contribution is -2.42. The molecular formula is C11H20N2O6. The van der Waals surface area contributed by atoms with Crippen LogP contribution in [0.4, 0.5) is 9.59 Å². The lowest BCUT2D eigenvalue weighted by Gasteiger charge is -2.16. The molecule has 3 atom stereocenters. The Balaban J connectivity index is 2.31. The fourth-order valence-electron chi connectivity index (χ4n) is 1.78. The monoisotopic (exact) mass is 276 g/mol. The van der Waals surface area contributed by atoms with Gasteiger partial charge in [-0.15, -0.1) is 0 Å². The van der Waals surface area contributed by atoms with Gasteiger partial charge in [-0.2, -0.15) is 0 Å². The average molecular weight is 276 g/mol.